The Morgan fingerprint density at radius 3 is 2.56 bits per heavy atom. The van der Waals surface area contributed by atoms with E-state index in [1.165, 1.54) is 13.0 Å². The molecule has 4 heteroatoms. The van der Waals surface area contributed by atoms with Crippen LogP contribution >= 0.6 is 0 Å². The lowest BCUT2D eigenvalue weighted by Gasteiger charge is -2.13. The zero-order valence-electron chi connectivity index (χ0n) is 9.68. The van der Waals surface area contributed by atoms with Gasteiger partial charge in [0.2, 0.25) is 0 Å². The highest BCUT2D eigenvalue weighted by Crippen LogP contribution is 2.24. The predicted octanol–water partition coefficient (Wildman–Crippen LogP) is 2.73. The maximum Gasteiger partial charge on any atom is 0.162 e. The first-order chi connectivity index (χ1) is 8.63. The molecule has 0 spiro atoms. The van der Waals surface area contributed by atoms with E-state index in [9.17, 15) is 4.79 Å². The van der Waals surface area contributed by atoms with Gasteiger partial charge in [-0.05, 0) is 13.0 Å². The average Bonchev–Trinajstić information content (AvgIpc) is 2.39. The van der Waals surface area contributed by atoms with Crippen molar-refractivity contribution in [2.75, 3.05) is 0 Å². The van der Waals surface area contributed by atoms with Gasteiger partial charge in [-0.3, -0.25) is 9.78 Å². The molecule has 2 rings (SSSR count). The van der Waals surface area contributed by atoms with Crippen LogP contribution in [0.15, 0.2) is 41.4 Å². The minimum absolute atomic E-state index is 0.132. The largest absolute Gasteiger partial charge is 0.759 e. The lowest BCUT2D eigenvalue weighted by molar-refractivity contribution is 0.101. The molecule has 0 radical (unpaired) electrons. The SMILES string of the molecule is CC(=O)c1cc(C#N)c([S-])nc1-c1ccccc1. The molecule has 1 heterocycles. The molecule has 0 amide bonds. The summed E-state index contributed by atoms with van der Waals surface area (Å²) in [6.07, 6.45) is 0. The Labute approximate surface area is 111 Å². The highest BCUT2D eigenvalue weighted by Gasteiger charge is 2.12. The first-order valence-electron chi connectivity index (χ1n) is 5.32. The molecule has 3 nitrogen and oxygen atoms in total. The molecule has 0 aliphatic carbocycles. The van der Waals surface area contributed by atoms with Crippen LogP contribution in [0.25, 0.3) is 11.3 Å². The third-order valence-electron chi connectivity index (χ3n) is 2.53. The molecule has 0 aliphatic heterocycles. The fourth-order valence-corrected chi connectivity index (χ4v) is 1.86. The summed E-state index contributed by atoms with van der Waals surface area (Å²) in [5.41, 5.74) is 2.03. The second-order valence-corrected chi connectivity index (χ2v) is 4.16. The van der Waals surface area contributed by atoms with Gasteiger partial charge in [0, 0.05) is 11.1 Å². The van der Waals surface area contributed by atoms with Crippen molar-refractivity contribution in [1.29, 1.82) is 5.26 Å². The molecule has 0 unspecified atom stereocenters. The van der Waals surface area contributed by atoms with E-state index in [0.29, 0.717) is 11.3 Å². The number of aromatic nitrogens is 1. The van der Waals surface area contributed by atoms with Gasteiger partial charge in [0.1, 0.15) is 0 Å². The molecule has 2 aromatic rings. The number of carbonyl (C=O) groups is 1. The predicted molar refractivity (Wildman–Crippen MR) is 70.0 cm³/mol. The van der Waals surface area contributed by atoms with E-state index in [1.54, 1.807) is 0 Å². The number of benzene rings is 1. The van der Waals surface area contributed by atoms with Gasteiger partial charge in [-0.2, -0.15) is 5.26 Å². The van der Waals surface area contributed by atoms with Gasteiger partial charge in [0.15, 0.2) is 5.78 Å². The second kappa shape index (κ2) is 4.94. The Hall–Kier alpha value is -2.25. The van der Waals surface area contributed by atoms with E-state index < -0.39 is 0 Å². The number of carbonyl (C=O) groups excluding carboxylic acids is 1. The molecule has 0 fully saturated rings. The lowest BCUT2D eigenvalue weighted by Crippen LogP contribution is -2.02. The Kier molecular flexibility index (Phi) is 3.35. The normalized spacial score (nSPS) is 9.78. The highest BCUT2D eigenvalue weighted by atomic mass is 32.1. The Morgan fingerprint density at radius 1 is 1.33 bits per heavy atom. The van der Waals surface area contributed by atoms with Crippen molar-refractivity contribution in [2.45, 2.75) is 11.9 Å². The minimum Gasteiger partial charge on any atom is -0.759 e. The lowest BCUT2D eigenvalue weighted by atomic mass is 10.0. The summed E-state index contributed by atoms with van der Waals surface area (Å²) in [4.78, 5) is 15.8. The summed E-state index contributed by atoms with van der Waals surface area (Å²) in [7, 11) is 0. The van der Waals surface area contributed by atoms with Gasteiger partial charge in [0.25, 0.3) is 0 Å². The molecule has 0 bridgehead atoms. The fraction of sp³-hybridized carbons (Fsp3) is 0.0714. The zero-order chi connectivity index (χ0) is 13.1. The standard InChI is InChI=1S/C14H10N2OS/c1-9(17)12-7-11(8-15)14(18)16-13(12)10-5-3-2-4-6-10/h2-7H,1H3,(H,16,18)/p-1. The third kappa shape index (κ3) is 2.22. The number of ketones is 1. The van der Waals surface area contributed by atoms with E-state index in [4.69, 9.17) is 17.9 Å². The summed E-state index contributed by atoms with van der Waals surface area (Å²) in [6, 6.07) is 12.8. The van der Waals surface area contributed by atoms with Crippen LogP contribution in [0.4, 0.5) is 0 Å². The van der Waals surface area contributed by atoms with Crippen LogP contribution in [0.3, 0.4) is 0 Å². The first-order valence-corrected chi connectivity index (χ1v) is 5.73. The van der Waals surface area contributed by atoms with Crippen molar-refractivity contribution in [2.24, 2.45) is 0 Å². The van der Waals surface area contributed by atoms with E-state index in [2.05, 4.69) is 4.98 Å². The molecular formula is C14H9N2OS-. The smallest absolute Gasteiger partial charge is 0.162 e. The minimum atomic E-state index is -0.132. The van der Waals surface area contributed by atoms with Gasteiger partial charge < -0.3 is 12.6 Å². The quantitative estimate of drug-likeness (QED) is 0.610. The molecule has 88 valence electrons. The van der Waals surface area contributed by atoms with Gasteiger partial charge in [-0.15, -0.1) is 0 Å². The van der Waals surface area contributed by atoms with E-state index >= 15 is 0 Å². The Balaban J connectivity index is 2.71. The summed E-state index contributed by atoms with van der Waals surface area (Å²) < 4.78 is 0. The maximum atomic E-state index is 11.6. The summed E-state index contributed by atoms with van der Waals surface area (Å²) in [5.74, 6) is -0.132. The topological polar surface area (TPSA) is 53.8 Å². The van der Waals surface area contributed by atoms with Crippen molar-refractivity contribution in [1.82, 2.24) is 4.98 Å². The average molecular weight is 253 g/mol. The third-order valence-corrected chi connectivity index (χ3v) is 2.85. The molecule has 0 N–H and O–H groups in total. The molecule has 1 aromatic heterocycles. The molecule has 18 heavy (non-hydrogen) atoms. The monoisotopic (exact) mass is 253 g/mol. The molecule has 1 aromatic carbocycles. The number of Topliss-reactive ketones (excluding diaryl/α,β-unsaturated/α-hetero) is 1. The van der Waals surface area contributed by atoms with Crippen LogP contribution < -0.4 is 0 Å². The molecule has 0 saturated heterocycles. The summed E-state index contributed by atoms with van der Waals surface area (Å²) in [5, 5.41) is 9.14. The van der Waals surface area contributed by atoms with Crippen molar-refractivity contribution in [3.63, 3.8) is 0 Å². The van der Waals surface area contributed by atoms with Crippen molar-refractivity contribution in [3.8, 4) is 17.3 Å². The van der Waals surface area contributed by atoms with E-state index in [-0.39, 0.29) is 16.4 Å². The summed E-state index contributed by atoms with van der Waals surface area (Å²) >= 11 is 5.04. The number of pyridine rings is 1. The van der Waals surface area contributed by atoms with Gasteiger partial charge in [-0.1, -0.05) is 35.4 Å². The van der Waals surface area contributed by atoms with Gasteiger partial charge >= 0.3 is 0 Å². The van der Waals surface area contributed by atoms with Gasteiger partial charge in [-0.25, -0.2) is 0 Å². The zero-order valence-corrected chi connectivity index (χ0v) is 10.5. The maximum absolute atomic E-state index is 11.6. The van der Waals surface area contributed by atoms with Crippen LogP contribution in [0.1, 0.15) is 22.8 Å². The van der Waals surface area contributed by atoms with Crippen molar-refractivity contribution >= 4 is 18.4 Å². The summed E-state index contributed by atoms with van der Waals surface area (Å²) in [6.45, 7) is 1.45. The first kappa shape index (κ1) is 12.2. The van der Waals surface area contributed by atoms with E-state index in [1.807, 2.05) is 36.4 Å². The Bertz CT molecular complexity index is 645. The van der Waals surface area contributed by atoms with Crippen LogP contribution in [0, 0.1) is 11.3 Å². The van der Waals surface area contributed by atoms with Crippen LogP contribution in [-0.4, -0.2) is 10.8 Å². The molecular weight excluding hydrogens is 244 g/mol. The molecule has 0 atom stereocenters. The number of hydrogen-bond donors (Lipinski definition) is 0. The molecule has 0 saturated carbocycles. The van der Waals surface area contributed by atoms with Crippen LogP contribution in [0.2, 0.25) is 0 Å². The fourth-order valence-electron chi connectivity index (χ4n) is 1.66. The van der Waals surface area contributed by atoms with Crippen LogP contribution in [-0.2, 0) is 12.6 Å². The van der Waals surface area contributed by atoms with Crippen molar-refractivity contribution < 1.29 is 4.79 Å². The Morgan fingerprint density at radius 2 is 2.00 bits per heavy atom. The van der Waals surface area contributed by atoms with Crippen LogP contribution in [0.5, 0.6) is 0 Å². The second-order valence-electron chi connectivity index (χ2n) is 3.77. The van der Waals surface area contributed by atoms with E-state index in [0.717, 1.165) is 5.56 Å². The number of nitriles is 1. The molecule has 0 aliphatic rings. The highest BCUT2D eigenvalue weighted by molar-refractivity contribution is 7.58. The number of nitrogens with zero attached hydrogens (tertiary/aromatic N) is 2. The number of rotatable bonds is 2. The van der Waals surface area contributed by atoms with Crippen molar-refractivity contribution in [3.05, 3.63) is 47.5 Å². The number of hydrogen-bond acceptors (Lipinski definition) is 4. The van der Waals surface area contributed by atoms with Gasteiger partial charge in [0.05, 0.1) is 17.3 Å².